The highest BCUT2D eigenvalue weighted by Crippen LogP contribution is 2.41. The van der Waals surface area contributed by atoms with E-state index in [-0.39, 0.29) is 28.6 Å². The lowest BCUT2D eigenvalue weighted by molar-refractivity contribution is 0.0694. The number of carboxylic acid groups (broad SMARTS) is 1. The smallest absolute Gasteiger partial charge is 0.341 e. The van der Waals surface area contributed by atoms with Crippen LogP contribution in [-0.2, 0) is 0 Å². The van der Waals surface area contributed by atoms with Crippen LogP contribution < -0.4 is 10.7 Å². The lowest BCUT2D eigenvalue weighted by atomic mass is 9.94. The molecule has 3 atom stereocenters. The van der Waals surface area contributed by atoms with E-state index in [2.05, 4.69) is 10.2 Å². The molecule has 28 heavy (non-hydrogen) atoms. The monoisotopic (exact) mass is 389 g/mol. The van der Waals surface area contributed by atoms with Gasteiger partial charge >= 0.3 is 5.97 Å². The molecule has 1 aliphatic carbocycles. The zero-order valence-electron chi connectivity index (χ0n) is 15.4. The summed E-state index contributed by atoms with van der Waals surface area (Å²) in [6.07, 6.45) is 4.59. The molecule has 2 aromatic rings. The molecule has 5 rings (SSSR count). The lowest BCUT2D eigenvalue weighted by Crippen LogP contribution is -2.52. The Morgan fingerprint density at radius 3 is 2.61 bits per heavy atom. The Labute approximate surface area is 159 Å². The first-order valence-electron chi connectivity index (χ1n) is 9.63. The van der Waals surface area contributed by atoms with Crippen molar-refractivity contribution in [3.8, 4) is 0 Å². The molecule has 3 heterocycles. The van der Waals surface area contributed by atoms with Gasteiger partial charge in [0.15, 0.2) is 5.82 Å². The first-order chi connectivity index (χ1) is 13.4. The number of hydrogen-bond acceptors (Lipinski definition) is 4. The van der Waals surface area contributed by atoms with Gasteiger partial charge in [0.1, 0.15) is 11.4 Å². The number of halogens is 2. The number of fused-ring (bicyclic) bond motifs is 3. The molecule has 3 fully saturated rings. The predicted molar refractivity (Wildman–Crippen MR) is 98.7 cm³/mol. The number of likely N-dealkylation sites (N-methyl/N-ethyl adjacent to an activating group) is 1. The Morgan fingerprint density at radius 2 is 1.93 bits per heavy atom. The number of aromatic nitrogens is 1. The van der Waals surface area contributed by atoms with Crippen molar-refractivity contribution in [2.75, 3.05) is 13.6 Å². The molecule has 1 aromatic heterocycles. The molecule has 8 heteroatoms. The number of carbonyl (C=O) groups is 1. The van der Waals surface area contributed by atoms with Crippen LogP contribution in [0.2, 0.25) is 0 Å². The SMILES string of the molecule is CN1C2CCC1C(c1c(F)cc3c(=O)c(C(=O)O)cn(C4CC4)c3c1F)NC2. The third kappa shape index (κ3) is 2.44. The molecule has 0 radical (unpaired) electrons. The van der Waals surface area contributed by atoms with Gasteiger partial charge in [0.05, 0.1) is 16.9 Å². The van der Waals surface area contributed by atoms with Crippen molar-refractivity contribution in [3.05, 3.63) is 45.2 Å². The van der Waals surface area contributed by atoms with E-state index in [1.54, 1.807) is 0 Å². The average molecular weight is 389 g/mol. The Hall–Kier alpha value is -2.32. The van der Waals surface area contributed by atoms with Crippen molar-refractivity contribution in [1.29, 1.82) is 0 Å². The second kappa shape index (κ2) is 6.09. The summed E-state index contributed by atoms with van der Waals surface area (Å²) in [5.74, 6) is -2.95. The molecule has 1 saturated carbocycles. The quantitative estimate of drug-likeness (QED) is 0.844. The van der Waals surface area contributed by atoms with E-state index >= 15 is 8.78 Å². The first kappa shape index (κ1) is 17.8. The highest BCUT2D eigenvalue weighted by Gasteiger charge is 2.43. The summed E-state index contributed by atoms with van der Waals surface area (Å²) in [5, 5.41) is 12.4. The summed E-state index contributed by atoms with van der Waals surface area (Å²) in [6.45, 7) is 0.655. The van der Waals surface area contributed by atoms with Gasteiger partial charge in [0.2, 0.25) is 5.43 Å². The molecule has 3 unspecified atom stereocenters. The fourth-order valence-electron chi connectivity index (χ4n) is 4.92. The molecular weight excluding hydrogens is 368 g/mol. The van der Waals surface area contributed by atoms with Crippen LogP contribution in [0.3, 0.4) is 0 Å². The topological polar surface area (TPSA) is 74.6 Å². The van der Waals surface area contributed by atoms with Crippen molar-refractivity contribution < 1.29 is 18.7 Å². The fraction of sp³-hybridized carbons (Fsp3) is 0.500. The van der Waals surface area contributed by atoms with Crippen LogP contribution in [0.15, 0.2) is 17.1 Å². The summed E-state index contributed by atoms with van der Waals surface area (Å²) in [5.41, 5.74) is -1.35. The minimum Gasteiger partial charge on any atom is -0.477 e. The Balaban J connectivity index is 1.76. The van der Waals surface area contributed by atoms with Gasteiger partial charge in [-0.25, -0.2) is 13.6 Å². The third-order valence-corrected chi connectivity index (χ3v) is 6.58. The standard InChI is InChI=1S/C20H21F2N3O3/c1-24-10-4-5-14(24)17(23-7-10)15-13(21)6-11-18(16(15)22)25(9-2-3-9)8-12(19(11)26)20(27)28/h6,8-10,14,17,23H,2-5,7H2,1H3,(H,27,28). The van der Waals surface area contributed by atoms with Crippen LogP contribution >= 0.6 is 0 Å². The molecule has 148 valence electrons. The van der Waals surface area contributed by atoms with Crippen LogP contribution in [0.25, 0.3) is 10.9 Å². The Morgan fingerprint density at radius 1 is 1.21 bits per heavy atom. The second-order valence-corrected chi connectivity index (χ2v) is 8.15. The number of benzene rings is 1. The molecule has 1 aromatic carbocycles. The van der Waals surface area contributed by atoms with Crippen LogP contribution in [-0.4, -0.2) is 46.2 Å². The zero-order valence-corrected chi connectivity index (χ0v) is 15.4. The van der Waals surface area contributed by atoms with E-state index in [0.29, 0.717) is 12.6 Å². The number of piperazine rings is 1. The van der Waals surface area contributed by atoms with Crippen LogP contribution in [0.5, 0.6) is 0 Å². The van der Waals surface area contributed by atoms with Crippen molar-refractivity contribution in [1.82, 2.24) is 14.8 Å². The molecule has 2 bridgehead atoms. The van der Waals surface area contributed by atoms with Crippen molar-refractivity contribution >= 4 is 16.9 Å². The number of pyridine rings is 1. The molecule has 2 N–H and O–H groups in total. The van der Waals surface area contributed by atoms with E-state index in [9.17, 15) is 14.7 Å². The maximum atomic E-state index is 15.7. The van der Waals surface area contributed by atoms with Crippen molar-refractivity contribution in [3.63, 3.8) is 0 Å². The van der Waals surface area contributed by atoms with Crippen molar-refractivity contribution in [2.45, 2.75) is 49.9 Å². The maximum absolute atomic E-state index is 15.7. The van der Waals surface area contributed by atoms with Gasteiger partial charge in [-0.15, -0.1) is 0 Å². The molecular formula is C20H21F2N3O3. The normalized spacial score (nSPS) is 27.5. The number of rotatable bonds is 3. The zero-order chi connectivity index (χ0) is 19.7. The van der Waals surface area contributed by atoms with Gasteiger partial charge in [0, 0.05) is 36.4 Å². The average Bonchev–Trinajstić information content (AvgIpc) is 3.44. The van der Waals surface area contributed by atoms with E-state index < -0.39 is 34.6 Å². The summed E-state index contributed by atoms with van der Waals surface area (Å²) in [6, 6.07) is 0.807. The fourth-order valence-corrected chi connectivity index (χ4v) is 4.92. The van der Waals surface area contributed by atoms with E-state index in [1.165, 1.54) is 10.8 Å². The highest BCUT2D eigenvalue weighted by atomic mass is 19.1. The third-order valence-electron chi connectivity index (χ3n) is 6.58. The van der Waals surface area contributed by atoms with Crippen LogP contribution in [0.4, 0.5) is 8.78 Å². The van der Waals surface area contributed by atoms with E-state index in [1.807, 2.05) is 7.05 Å². The minimum absolute atomic E-state index is 0.0125. The number of nitrogens with zero attached hydrogens (tertiary/aromatic N) is 2. The first-order valence-corrected chi connectivity index (χ1v) is 9.63. The molecule has 2 saturated heterocycles. The largest absolute Gasteiger partial charge is 0.477 e. The van der Waals surface area contributed by atoms with Crippen LogP contribution in [0, 0.1) is 11.6 Å². The summed E-state index contributed by atoms with van der Waals surface area (Å²) < 4.78 is 32.3. The summed E-state index contributed by atoms with van der Waals surface area (Å²) in [7, 11) is 1.98. The van der Waals surface area contributed by atoms with Gasteiger partial charge in [-0.05, 0) is 38.8 Å². The molecule has 0 spiro atoms. The number of nitrogens with one attached hydrogen (secondary N) is 1. The predicted octanol–water partition coefficient (Wildman–Crippen LogP) is 2.42. The number of carboxylic acids is 1. The second-order valence-electron chi connectivity index (χ2n) is 8.15. The van der Waals surface area contributed by atoms with Gasteiger partial charge in [0.25, 0.3) is 0 Å². The molecule has 0 amide bonds. The van der Waals surface area contributed by atoms with Gasteiger partial charge in [-0.3, -0.25) is 9.69 Å². The summed E-state index contributed by atoms with van der Waals surface area (Å²) >= 11 is 0. The van der Waals surface area contributed by atoms with Crippen LogP contribution in [0.1, 0.15) is 53.7 Å². The maximum Gasteiger partial charge on any atom is 0.341 e. The Kier molecular flexibility index (Phi) is 3.86. The Bertz CT molecular complexity index is 1060. The number of aromatic carboxylic acids is 1. The van der Waals surface area contributed by atoms with Crippen molar-refractivity contribution in [2.24, 2.45) is 0 Å². The van der Waals surface area contributed by atoms with Gasteiger partial charge in [-0.2, -0.15) is 0 Å². The van der Waals surface area contributed by atoms with Gasteiger partial charge < -0.3 is 15.0 Å². The van der Waals surface area contributed by atoms with E-state index in [0.717, 1.165) is 31.7 Å². The number of hydrogen-bond donors (Lipinski definition) is 2. The van der Waals surface area contributed by atoms with E-state index in [4.69, 9.17) is 0 Å². The molecule has 3 aliphatic rings. The summed E-state index contributed by atoms with van der Waals surface area (Å²) in [4.78, 5) is 26.2. The minimum atomic E-state index is -1.39. The molecule has 6 nitrogen and oxygen atoms in total. The molecule has 2 aliphatic heterocycles. The van der Waals surface area contributed by atoms with Gasteiger partial charge in [-0.1, -0.05) is 0 Å². The highest BCUT2D eigenvalue weighted by molar-refractivity contribution is 5.93. The lowest BCUT2D eigenvalue weighted by Gasteiger charge is -2.39.